The molecule has 2 N–H and O–H groups in total. The number of nitrogens with zero attached hydrogens (tertiary/aromatic N) is 4. The third-order valence-corrected chi connectivity index (χ3v) is 6.20. The predicted molar refractivity (Wildman–Crippen MR) is 126 cm³/mol. The standard InChI is InChI=1S/C24H24N6O2S/c31-23(26-11-7-22-27-24(29-28-22)17-5-9-25-10-6-17)15-30-13-18-3-1-2-4-20(18)32-21(14-30)19-8-12-33-16-19/h1-6,8-10,12,16,21H,7,11,13-15H2,(H,26,31)(H,27,28,29). The van der Waals surface area contributed by atoms with Crippen LogP contribution in [0.25, 0.3) is 11.4 Å². The number of aromatic nitrogens is 4. The molecule has 1 aliphatic rings. The van der Waals surface area contributed by atoms with E-state index in [4.69, 9.17) is 4.74 Å². The highest BCUT2D eigenvalue weighted by Crippen LogP contribution is 2.31. The van der Waals surface area contributed by atoms with Crippen molar-refractivity contribution in [2.24, 2.45) is 0 Å². The lowest BCUT2D eigenvalue weighted by molar-refractivity contribution is -0.122. The van der Waals surface area contributed by atoms with Crippen molar-refractivity contribution < 1.29 is 9.53 Å². The van der Waals surface area contributed by atoms with Gasteiger partial charge in [0.1, 0.15) is 17.7 Å². The topological polar surface area (TPSA) is 96.0 Å². The van der Waals surface area contributed by atoms with E-state index in [9.17, 15) is 4.79 Å². The van der Waals surface area contributed by atoms with E-state index in [1.54, 1.807) is 23.7 Å². The molecule has 0 saturated carbocycles. The zero-order valence-electron chi connectivity index (χ0n) is 18.0. The first kappa shape index (κ1) is 21.3. The fraction of sp³-hybridized carbons (Fsp3) is 0.250. The number of amides is 1. The van der Waals surface area contributed by atoms with Crippen LogP contribution in [0.5, 0.6) is 5.75 Å². The Morgan fingerprint density at radius 1 is 1.21 bits per heavy atom. The Morgan fingerprint density at radius 2 is 2.09 bits per heavy atom. The number of H-pyrrole nitrogens is 1. The second-order valence-electron chi connectivity index (χ2n) is 7.88. The number of aromatic amines is 1. The number of para-hydroxylation sites is 1. The third-order valence-electron chi connectivity index (χ3n) is 5.50. The lowest BCUT2D eigenvalue weighted by Crippen LogP contribution is -2.39. The smallest absolute Gasteiger partial charge is 0.234 e. The summed E-state index contributed by atoms with van der Waals surface area (Å²) in [7, 11) is 0. The predicted octanol–water partition coefficient (Wildman–Crippen LogP) is 3.22. The largest absolute Gasteiger partial charge is 0.484 e. The van der Waals surface area contributed by atoms with Crippen LogP contribution in [0, 0.1) is 0 Å². The average molecular weight is 461 g/mol. The first-order valence-electron chi connectivity index (χ1n) is 10.8. The fourth-order valence-electron chi connectivity index (χ4n) is 3.85. The second-order valence-corrected chi connectivity index (χ2v) is 8.66. The van der Waals surface area contributed by atoms with Gasteiger partial charge in [0, 0.05) is 55.1 Å². The molecule has 0 bridgehead atoms. The maximum absolute atomic E-state index is 12.7. The lowest BCUT2D eigenvalue weighted by atomic mass is 10.2. The van der Waals surface area contributed by atoms with E-state index in [-0.39, 0.29) is 12.0 Å². The van der Waals surface area contributed by atoms with E-state index in [1.807, 2.05) is 30.3 Å². The van der Waals surface area contributed by atoms with Crippen molar-refractivity contribution in [3.8, 4) is 17.1 Å². The van der Waals surface area contributed by atoms with E-state index >= 15 is 0 Å². The first-order valence-corrected chi connectivity index (χ1v) is 11.8. The molecule has 3 aromatic heterocycles. The van der Waals surface area contributed by atoms with Gasteiger partial charge in [-0.15, -0.1) is 0 Å². The van der Waals surface area contributed by atoms with Crippen molar-refractivity contribution in [3.63, 3.8) is 0 Å². The minimum atomic E-state index is -0.103. The van der Waals surface area contributed by atoms with Crippen LogP contribution in [0.2, 0.25) is 0 Å². The van der Waals surface area contributed by atoms with E-state index in [1.165, 1.54) is 0 Å². The van der Waals surface area contributed by atoms with Gasteiger partial charge in [-0.05, 0) is 35.0 Å². The number of hydrogen-bond acceptors (Lipinski definition) is 7. The van der Waals surface area contributed by atoms with Crippen molar-refractivity contribution in [3.05, 3.63) is 82.6 Å². The molecule has 8 nitrogen and oxygen atoms in total. The molecule has 9 heteroatoms. The van der Waals surface area contributed by atoms with Gasteiger partial charge in [-0.3, -0.25) is 19.8 Å². The van der Waals surface area contributed by atoms with Crippen LogP contribution in [-0.4, -0.2) is 50.6 Å². The Morgan fingerprint density at radius 3 is 2.94 bits per heavy atom. The minimum absolute atomic E-state index is 0.0210. The summed E-state index contributed by atoms with van der Waals surface area (Å²) < 4.78 is 6.30. The normalized spacial score (nSPS) is 15.9. The number of benzene rings is 1. The molecule has 0 fully saturated rings. The monoisotopic (exact) mass is 460 g/mol. The van der Waals surface area contributed by atoms with Gasteiger partial charge in [0.25, 0.3) is 0 Å². The summed E-state index contributed by atoms with van der Waals surface area (Å²) in [6.45, 7) is 2.10. The summed E-state index contributed by atoms with van der Waals surface area (Å²) in [5, 5.41) is 14.3. The van der Waals surface area contributed by atoms with Crippen LogP contribution in [0.3, 0.4) is 0 Å². The highest BCUT2D eigenvalue weighted by atomic mass is 32.1. The summed E-state index contributed by atoms with van der Waals surface area (Å²) in [5.74, 6) is 2.22. The maximum Gasteiger partial charge on any atom is 0.234 e. The highest BCUT2D eigenvalue weighted by molar-refractivity contribution is 7.07. The number of rotatable bonds is 7. The van der Waals surface area contributed by atoms with Crippen molar-refractivity contribution in [2.75, 3.05) is 19.6 Å². The van der Waals surface area contributed by atoms with Gasteiger partial charge in [-0.2, -0.15) is 16.4 Å². The van der Waals surface area contributed by atoms with Crippen LogP contribution in [0.15, 0.2) is 65.6 Å². The number of nitrogens with one attached hydrogen (secondary N) is 2. The Balaban J connectivity index is 1.17. The fourth-order valence-corrected chi connectivity index (χ4v) is 4.55. The van der Waals surface area contributed by atoms with Crippen molar-refractivity contribution >= 4 is 17.2 Å². The van der Waals surface area contributed by atoms with E-state index in [0.717, 1.165) is 28.3 Å². The summed E-state index contributed by atoms with van der Waals surface area (Å²) in [6, 6.07) is 13.8. The molecule has 4 aromatic rings. The number of fused-ring (bicyclic) bond motifs is 1. The molecular formula is C24H24N6O2S. The van der Waals surface area contributed by atoms with Gasteiger partial charge in [0.2, 0.25) is 5.91 Å². The van der Waals surface area contributed by atoms with Crippen LogP contribution in [0.4, 0.5) is 0 Å². The average Bonchev–Trinajstić information content (AvgIpc) is 3.50. The summed E-state index contributed by atoms with van der Waals surface area (Å²) in [6.07, 6.45) is 3.89. The van der Waals surface area contributed by atoms with Gasteiger partial charge >= 0.3 is 0 Å². The molecule has 1 aliphatic heterocycles. The summed E-state index contributed by atoms with van der Waals surface area (Å²) in [5.41, 5.74) is 3.13. The molecule has 1 amide bonds. The molecule has 168 valence electrons. The Labute approximate surface area is 195 Å². The van der Waals surface area contributed by atoms with Crippen molar-refractivity contribution in [1.29, 1.82) is 0 Å². The molecule has 1 unspecified atom stereocenters. The molecule has 0 saturated heterocycles. The Kier molecular flexibility index (Phi) is 6.41. The molecule has 1 atom stereocenters. The van der Waals surface area contributed by atoms with Gasteiger partial charge in [0.15, 0.2) is 5.82 Å². The Hall–Kier alpha value is -3.56. The molecule has 0 aliphatic carbocycles. The summed E-state index contributed by atoms with van der Waals surface area (Å²) in [4.78, 5) is 23.3. The number of thiophene rings is 1. The summed E-state index contributed by atoms with van der Waals surface area (Å²) >= 11 is 1.65. The Bertz CT molecular complexity index is 1190. The lowest BCUT2D eigenvalue weighted by Gasteiger charge is -2.23. The number of pyridine rings is 1. The number of carbonyl (C=O) groups excluding carboxylic acids is 1. The zero-order valence-corrected chi connectivity index (χ0v) is 18.8. The molecular weight excluding hydrogens is 436 g/mol. The van der Waals surface area contributed by atoms with Gasteiger partial charge in [-0.25, -0.2) is 4.98 Å². The SMILES string of the molecule is O=C(CN1Cc2ccccc2OC(c2ccsc2)C1)NCCc1nc(-c2ccncc2)n[nH]1. The molecule has 0 radical (unpaired) electrons. The number of hydrogen-bond donors (Lipinski definition) is 2. The maximum atomic E-state index is 12.7. The van der Waals surface area contributed by atoms with Crippen LogP contribution >= 0.6 is 11.3 Å². The van der Waals surface area contributed by atoms with Crippen LogP contribution in [-0.2, 0) is 17.8 Å². The van der Waals surface area contributed by atoms with E-state index < -0.39 is 0 Å². The first-order chi connectivity index (χ1) is 16.2. The third kappa shape index (κ3) is 5.27. The number of carbonyl (C=O) groups is 1. The zero-order chi connectivity index (χ0) is 22.5. The molecule has 0 spiro atoms. The highest BCUT2D eigenvalue weighted by Gasteiger charge is 2.25. The molecule has 4 heterocycles. The molecule has 5 rings (SSSR count). The van der Waals surface area contributed by atoms with Crippen molar-refractivity contribution in [2.45, 2.75) is 19.1 Å². The van der Waals surface area contributed by atoms with Crippen LogP contribution < -0.4 is 10.1 Å². The second kappa shape index (κ2) is 9.93. The van der Waals surface area contributed by atoms with Gasteiger partial charge in [-0.1, -0.05) is 18.2 Å². The van der Waals surface area contributed by atoms with E-state index in [2.05, 4.69) is 53.3 Å². The minimum Gasteiger partial charge on any atom is -0.484 e. The van der Waals surface area contributed by atoms with E-state index in [0.29, 0.717) is 38.4 Å². The van der Waals surface area contributed by atoms with Crippen LogP contribution in [0.1, 0.15) is 23.1 Å². The number of ether oxygens (including phenoxy) is 1. The van der Waals surface area contributed by atoms with Crippen molar-refractivity contribution in [1.82, 2.24) is 30.4 Å². The molecule has 33 heavy (non-hydrogen) atoms. The molecule has 1 aromatic carbocycles. The van der Waals surface area contributed by atoms with Gasteiger partial charge in [0.05, 0.1) is 6.54 Å². The van der Waals surface area contributed by atoms with Gasteiger partial charge < -0.3 is 10.1 Å². The quantitative estimate of drug-likeness (QED) is 0.440.